The van der Waals surface area contributed by atoms with Crippen LogP contribution < -0.4 is 4.90 Å². The molecule has 0 spiro atoms. The van der Waals surface area contributed by atoms with E-state index in [1.165, 1.54) is 24.4 Å². The summed E-state index contributed by atoms with van der Waals surface area (Å²) in [5.41, 5.74) is 0.326. The van der Waals surface area contributed by atoms with E-state index in [1.54, 1.807) is 41.8 Å². The Morgan fingerprint density at radius 1 is 1.07 bits per heavy atom. The minimum atomic E-state index is -1.10. The summed E-state index contributed by atoms with van der Waals surface area (Å²) in [6, 6.07) is 13.2. The van der Waals surface area contributed by atoms with Gasteiger partial charge in [0.2, 0.25) is 0 Å². The maximum atomic E-state index is 14.6. The average Bonchev–Trinajstić information content (AvgIpc) is 3.30. The number of halogens is 1. The Balaban J connectivity index is 1.98. The first-order valence-corrected chi connectivity index (χ1v) is 8.98. The number of aromatic nitrogens is 1. The van der Waals surface area contributed by atoms with E-state index in [0.29, 0.717) is 5.56 Å². The molecule has 1 saturated heterocycles. The summed E-state index contributed by atoms with van der Waals surface area (Å²) in [6.45, 7) is 0. The van der Waals surface area contributed by atoms with Crippen LogP contribution in [0.1, 0.15) is 17.2 Å². The lowest BCUT2D eigenvalue weighted by atomic mass is 9.95. The van der Waals surface area contributed by atoms with Gasteiger partial charge < -0.3 is 5.11 Å². The van der Waals surface area contributed by atoms with Crippen molar-refractivity contribution >= 4 is 33.9 Å². The molecule has 1 aromatic heterocycles. The molecule has 1 N–H and O–H groups in total. The van der Waals surface area contributed by atoms with Gasteiger partial charge in [0.1, 0.15) is 17.6 Å². The van der Waals surface area contributed by atoms with E-state index in [9.17, 15) is 19.1 Å². The van der Waals surface area contributed by atoms with Gasteiger partial charge in [-0.2, -0.15) is 0 Å². The van der Waals surface area contributed by atoms with Crippen LogP contribution in [0.3, 0.4) is 0 Å². The van der Waals surface area contributed by atoms with Crippen molar-refractivity contribution in [1.29, 1.82) is 0 Å². The summed E-state index contributed by atoms with van der Waals surface area (Å²) in [6.07, 6.45) is 1.49. The van der Waals surface area contributed by atoms with Crippen molar-refractivity contribution in [3.8, 4) is 0 Å². The number of aliphatic hydroxyl groups is 1. The molecule has 3 aromatic rings. The minimum absolute atomic E-state index is 0.115. The zero-order chi connectivity index (χ0) is 19.0. The van der Waals surface area contributed by atoms with Crippen molar-refractivity contribution in [3.63, 3.8) is 0 Å². The normalized spacial score (nSPS) is 18.9. The van der Waals surface area contributed by atoms with Gasteiger partial charge in [-0.15, -0.1) is 11.3 Å². The van der Waals surface area contributed by atoms with E-state index in [-0.39, 0.29) is 22.0 Å². The fourth-order valence-electron chi connectivity index (χ4n) is 3.11. The molecule has 1 atom stereocenters. The summed E-state index contributed by atoms with van der Waals surface area (Å²) in [5, 5.41) is 12.7. The predicted octanol–water partition coefficient (Wildman–Crippen LogP) is 3.91. The molecule has 134 valence electrons. The lowest BCUT2D eigenvalue weighted by Crippen LogP contribution is -2.29. The van der Waals surface area contributed by atoms with Gasteiger partial charge in [0.25, 0.3) is 5.78 Å². The first-order chi connectivity index (χ1) is 13.1. The summed E-state index contributed by atoms with van der Waals surface area (Å²) >= 11 is 1.15. The summed E-state index contributed by atoms with van der Waals surface area (Å²) in [4.78, 5) is 30.7. The molecule has 7 heteroatoms. The Hall–Kier alpha value is -3.32. The van der Waals surface area contributed by atoms with Gasteiger partial charge in [0.15, 0.2) is 5.13 Å². The van der Waals surface area contributed by atoms with Crippen molar-refractivity contribution < 1.29 is 19.1 Å². The number of hydrogen-bond donors (Lipinski definition) is 1. The molecular formula is C20H13FN2O3S. The number of amides is 1. The molecule has 1 aliphatic rings. The van der Waals surface area contributed by atoms with E-state index in [4.69, 9.17) is 0 Å². The van der Waals surface area contributed by atoms with Crippen molar-refractivity contribution in [2.75, 3.05) is 4.90 Å². The van der Waals surface area contributed by atoms with Gasteiger partial charge in [0.05, 0.1) is 5.57 Å². The van der Waals surface area contributed by atoms with Crippen LogP contribution in [0, 0.1) is 5.82 Å². The first-order valence-electron chi connectivity index (χ1n) is 8.10. The largest absolute Gasteiger partial charge is 0.507 e. The number of thiazole rings is 1. The summed E-state index contributed by atoms with van der Waals surface area (Å²) in [7, 11) is 0. The maximum absolute atomic E-state index is 14.6. The average molecular weight is 380 g/mol. The third-order valence-electron chi connectivity index (χ3n) is 4.32. The van der Waals surface area contributed by atoms with Crippen LogP contribution in [0.2, 0.25) is 0 Å². The summed E-state index contributed by atoms with van der Waals surface area (Å²) < 4.78 is 14.6. The fourth-order valence-corrected chi connectivity index (χ4v) is 3.77. The molecule has 1 amide bonds. The monoisotopic (exact) mass is 380 g/mol. The molecule has 2 heterocycles. The van der Waals surface area contributed by atoms with Crippen LogP contribution in [0.15, 0.2) is 71.7 Å². The van der Waals surface area contributed by atoms with Crippen LogP contribution in [0.5, 0.6) is 0 Å². The Labute approximate surface area is 158 Å². The van der Waals surface area contributed by atoms with Crippen LogP contribution in [0.25, 0.3) is 5.76 Å². The Morgan fingerprint density at radius 3 is 2.44 bits per heavy atom. The van der Waals surface area contributed by atoms with Gasteiger partial charge >= 0.3 is 5.91 Å². The zero-order valence-corrected chi connectivity index (χ0v) is 14.7. The van der Waals surface area contributed by atoms with E-state index >= 15 is 0 Å². The van der Waals surface area contributed by atoms with Crippen LogP contribution in [0.4, 0.5) is 9.52 Å². The second-order valence-corrected chi connectivity index (χ2v) is 6.74. The maximum Gasteiger partial charge on any atom is 0.301 e. The quantitative estimate of drug-likeness (QED) is 0.425. The first kappa shape index (κ1) is 17.1. The number of Topliss-reactive ketones (excluding diaryl/α,β-unsaturated/α-hetero) is 1. The molecule has 4 rings (SSSR count). The highest BCUT2D eigenvalue weighted by atomic mass is 32.1. The Kier molecular flexibility index (Phi) is 4.29. The Bertz CT molecular complexity index is 1050. The topological polar surface area (TPSA) is 70.5 Å². The van der Waals surface area contributed by atoms with Gasteiger partial charge in [-0.25, -0.2) is 9.37 Å². The van der Waals surface area contributed by atoms with Gasteiger partial charge in [0, 0.05) is 22.7 Å². The van der Waals surface area contributed by atoms with E-state index in [1.807, 2.05) is 0 Å². The number of carbonyl (C=O) groups excluding carboxylic acids is 2. The smallest absolute Gasteiger partial charge is 0.301 e. The van der Waals surface area contributed by atoms with Crippen molar-refractivity contribution in [2.24, 2.45) is 0 Å². The second-order valence-electron chi connectivity index (χ2n) is 5.87. The van der Waals surface area contributed by atoms with Gasteiger partial charge in [-0.3, -0.25) is 14.5 Å². The van der Waals surface area contributed by atoms with E-state index in [2.05, 4.69) is 4.98 Å². The molecule has 0 radical (unpaired) electrons. The molecule has 0 saturated carbocycles. The predicted molar refractivity (Wildman–Crippen MR) is 99.7 cm³/mol. The van der Waals surface area contributed by atoms with E-state index < -0.39 is 23.5 Å². The highest BCUT2D eigenvalue weighted by molar-refractivity contribution is 7.14. The van der Waals surface area contributed by atoms with Crippen molar-refractivity contribution in [2.45, 2.75) is 6.04 Å². The highest BCUT2D eigenvalue weighted by Crippen LogP contribution is 2.43. The van der Waals surface area contributed by atoms with Crippen molar-refractivity contribution in [3.05, 3.63) is 88.7 Å². The lowest BCUT2D eigenvalue weighted by Gasteiger charge is -2.23. The second kappa shape index (κ2) is 6.77. The molecular weight excluding hydrogens is 367 g/mol. The molecule has 0 aliphatic carbocycles. The number of nitrogens with zero attached hydrogens (tertiary/aromatic N) is 2. The number of benzene rings is 2. The lowest BCUT2D eigenvalue weighted by molar-refractivity contribution is -0.132. The highest BCUT2D eigenvalue weighted by Gasteiger charge is 2.48. The summed E-state index contributed by atoms with van der Waals surface area (Å²) in [5.74, 6) is -2.65. The van der Waals surface area contributed by atoms with Crippen LogP contribution in [-0.2, 0) is 9.59 Å². The van der Waals surface area contributed by atoms with Crippen LogP contribution >= 0.6 is 11.3 Å². The molecule has 0 bridgehead atoms. The number of hydrogen-bond acceptors (Lipinski definition) is 5. The standard InChI is InChI=1S/C20H13FN2O3S/c21-14-9-5-4-8-13(14)16-15(17(24)12-6-2-1-3-7-12)18(25)19(26)23(16)20-22-10-11-27-20/h1-11,16,24H/b17-15-. The molecule has 5 nitrogen and oxygen atoms in total. The molecule has 1 fully saturated rings. The molecule has 1 aliphatic heterocycles. The van der Waals surface area contributed by atoms with E-state index in [0.717, 1.165) is 16.2 Å². The number of anilines is 1. The van der Waals surface area contributed by atoms with Crippen LogP contribution in [-0.4, -0.2) is 21.8 Å². The van der Waals surface area contributed by atoms with Crippen molar-refractivity contribution in [1.82, 2.24) is 4.98 Å². The van der Waals surface area contributed by atoms with Gasteiger partial charge in [-0.05, 0) is 6.07 Å². The Morgan fingerprint density at radius 2 is 1.78 bits per heavy atom. The number of carbonyl (C=O) groups is 2. The van der Waals surface area contributed by atoms with Gasteiger partial charge in [-0.1, -0.05) is 48.5 Å². The molecule has 2 aromatic carbocycles. The number of ketones is 1. The number of rotatable bonds is 3. The minimum Gasteiger partial charge on any atom is -0.507 e. The fraction of sp³-hybridized carbons (Fsp3) is 0.0500. The zero-order valence-electron chi connectivity index (χ0n) is 13.9. The number of aliphatic hydroxyl groups excluding tert-OH is 1. The molecule has 27 heavy (non-hydrogen) atoms. The third-order valence-corrected chi connectivity index (χ3v) is 5.09. The SMILES string of the molecule is O=C1C(=O)N(c2nccs2)C(c2ccccc2F)/C1=C(/O)c1ccccc1. The molecule has 1 unspecified atom stereocenters. The third kappa shape index (κ3) is 2.82.